The minimum atomic E-state index is -4.48. The van der Waals surface area contributed by atoms with Gasteiger partial charge in [-0.2, -0.15) is 22.5 Å². The standard InChI is InChI=1S/C10H16F3N3OS/c1-7(2)3-5-17-6-4-14-9-15-8(16-18-9)10(11,12)13/h7H,3-6H2,1-2H3,(H,14,15,16). The maximum absolute atomic E-state index is 12.2. The van der Waals surface area contributed by atoms with Crippen LogP contribution in [-0.4, -0.2) is 29.1 Å². The molecule has 4 nitrogen and oxygen atoms in total. The van der Waals surface area contributed by atoms with Gasteiger partial charge in [0.2, 0.25) is 11.0 Å². The third-order valence-corrected chi connectivity index (χ3v) is 2.71. The van der Waals surface area contributed by atoms with Gasteiger partial charge in [0.1, 0.15) is 0 Å². The van der Waals surface area contributed by atoms with E-state index in [1.54, 1.807) is 0 Å². The minimum Gasteiger partial charge on any atom is -0.380 e. The van der Waals surface area contributed by atoms with E-state index in [2.05, 4.69) is 28.5 Å². The summed E-state index contributed by atoms with van der Waals surface area (Å²) in [6, 6.07) is 0. The molecular formula is C10H16F3N3OS. The Labute approximate surface area is 108 Å². The summed E-state index contributed by atoms with van der Waals surface area (Å²) in [4.78, 5) is 3.34. The largest absolute Gasteiger partial charge is 0.452 e. The van der Waals surface area contributed by atoms with Gasteiger partial charge in [-0.15, -0.1) is 0 Å². The molecule has 1 heterocycles. The number of anilines is 1. The minimum absolute atomic E-state index is 0.162. The lowest BCUT2D eigenvalue weighted by molar-refractivity contribution is -0.144. The van der Waals surface area contributed by atoms with Crippen LogP contribution in [0.3, 0.4) is 0 Å². The molecule has 0 aliphatic rings. The number of ether oxygens (including phenoxy) is 1. The molecule has 0 aliphatic carbocycles. The van der Waals surface area contributed by atoms with E-state index in [1.165, 1.54) is 0 Å². The number of rotatable bonds is 7. The predicted octanol–water partition coefficient (Wildman–Crippen LogP) is 3.03. The summed E-state index contributed by atoms with van der Waals surface area (Å²) < 4.78 is 45.1. The number of halogens is 3. The van der Waals surface area contributed by atoms with Crippen LogP contribution in [-0.2, 0) is 10.9 Å². The lowest BCUT2D eigenvalue weighted by atomic mass is 10.1. The molecule has 1 aromatic heterocycles. The zero-order valence-corrected chi connectivity index (χ0v) is 11.1. The van der Waals surface area contributed by atoms with Crippen molar-refractivity contribution in [2.75, 3.05) is 25.1 Å². The molecule has 0 fully saturated rings. The quantitative estimate of drug-likeness (QED) is 0.781. The van der Waals surface area contributed by atoms with Gasteiger partial charge in [-0.3, -0.25) is 0 Å². The van der Waals surface area contributed by atoms with E-state index in [4.69, 9.17) is 4.74 Å². The first kappa shape index (κ1) is 15.2. The highest BCUT2D eigenvalue weighted by Crippen LogP contribution is 2.28. The van der Waals surface area contributed by atoms with E-state index in [0.29, 0.717) is 37.2 Å². The molecule has 0 saturated carbocycles. The number of hydrogen-bond donors (Lipinski definition) is 1. The Morgan fingerprint density at radius 3 is 2.61 bits per heavy atom. The Balaban J connectivity index is 2.18. The lowest BCUT2D eigenvalue weighted by Gasteiger charge is -2.06. The molecule has 0 aromatic carbocycles. The first-order chi connectivity index (χ1) is 8.39. The van der Waals surface area contributed by atoms with Gasteiger partial charge in [0.05, 0.1) is 6.61 Å². The molecule has 0 radical (unpaired) electrons. The third kappa shape index (κ3) is 5.63. The summed E-state index contributed by atoms with van der Waals surface area (Å²) in [5.41, 5.74) is 0. The Kier molecular flexibility index (Phi) is 5.80. The van der Waals surface area contributed by atoms with Gasteiger partial charge in [0, 0.05) is 24.7 Å². The third-order valence-electron chi connectivity index (χ3n) is 2.04. The van der Waals surface area contributed by atoms with Crippen LogP contribution in [0.15, 0.2) is 0 Å². The Morgan fingerprint density at radius 2 is 2.06 bits per heavy atom. The first-order valence-electron chi connectivity index (χ1n) is 5.62. The van der Waals surface area contributed by atoms with Crippen LogP contribution in [0.5, 0.6) is 0 Å². The van der Waals surface area contributed by atoms with Crippen LogP contribution in [0.1, 0.15) is 26.1 Å². The van der Waals surface area contributed by atoms with Crippen molar-refractivity contribution in [3.8, 4) is 0 Å². The summed E-state index contributed by atoms with van der Waals surface area (Å²) in [5.74, 6) is -0.522. The van der Waals surface area contributed by atoms with Crippen molar-refractivity contribution in [3.63, 3.8) is 0 Å². The fourth-order valence-electron chi connectivity index (χ4n) is 1.06. The van der Waals surface area contributed by atoms with Crippen molar-refractivity contribution in [1.29, 1.82) is 0 Å². The van der Waals surface area contributed by atoms with E-state index in [0.717, 1.165) is 6.42 Å². The molecule has 0 amide bonds. The van der Waals surface area contributed by atoms with Gasteiger partial charge in [-0.25, -0.2) is 0 Å². The molecule has 0 atom stereocenters. The number of nitrogens with one attached hydrogen (secondary N) is 1. The molecule has 1 rings (SSSR count). The maximum Gasteiger partial charge on any atom is 0.452 e. The fraction of sp³-hybridized carbons (Fsp3) is 0.800. The lowest BCUT2D eigenvalue weighted by Crippen LogP contribution is -2.11. The Morgan fingerprint density at radius 1 is 1.33 bits per heavy atom. The fourth-order valence-corrected chi connectivity index (χ4v) is 1.67. The molecule has 8 heteroatoms. The second-order valence-electron chi connectivity index (χ2n) is 4.14. The Hall–Kier alpha value is -0.890. The SMILES string of the molecule is CC(C)CCOCCNc1nc(C(F)(F)F)ns1. The van der Waals surface area contributed by atoms with Crippen molar-refractivity contribution < 1.29 is 17.9 Å². The molecule has 0 aliphatic heterocycles. The van der Waals surface area contributed by atoms with Crippen molar-refractivity contribution in [2.24, 2.45) is 5.92 Å². The predicted molar refractivity (Wildman–Crippen MR) is 63.7 cm³/mol. The van der Waals surface area contributed by atoms with Crippen molar-refractivity contribution in [3.05, 3.63) is 5.82 Å². The summed E-state index contributed by atoms with van der Waals surface area (Å²) in [7, 11) is 0. The van der Waals surface area contributed by atoms with Gasteiger partial charge in [0.15, 0.2) is 0 Å². The van der Waals surface area contributed by atoms with Crippen LogP contribution in [0.25, 0.3) is 0 Å². The van der Waals surface area contributed by atoms with Gasteiger partial charge in [0.25, 0.3) is 0 Å². The second kappa shape index (κ2) is 6.89. The first-order valence-corrected chi connectivity index (χ1v) is 6.39. The van der Waals surface area contributed by atoms with Crippen LogP contribution >= 0.6 is 11.5 Å². The number of hydrogen-bond acceptors (Lipinski definition) is 5. The molecule has 18 heavy (non-hydrogen) atoms. The second-order valence-corrected chi connectivity index (χ2v) is 4.89. The Bertz CT molecular complexity index is 354. The maximum atomic E-state index is 12.2. The smallest absolute Gasteiger partial charge is 0.380 e. The molecule has 0 bridgehead atoms. The zero-order chi connectivity index (χ0) is 13.6. The highest BCUT2D eigenvalue weighted by Gasteiger charge is 2.36. The summed E-state index contributed by atoms with van der Waals surface area (Å²) in [5, 5.41) is 2.91. The van der Waals surface area contributed by atoms with Crippen LogP contribution in [0, 0.1) is 5.92 Å². The molecular weight excluding hydrogens is 267 g/mol. The normalized spacial score (nSPS) is 12.1. The van der Waals surface area contributed by atoms with Crippen LogP contribution < -0.4 is 5.32 Å². The average Bonchev–Trinajstić information content (AvgIpc) is 2.71. The van der Waals surface area contributed by atoms with Crippen molar-refractivity contribution in [2.45, 2.75) is 26.4 Å². The van der Waals surface area contributed by atoms with E-state index < -0.39 is 12.0 Å². The van der Waals surface area contributed by atoms with Gasteiger partial charge >= 0.3 is 6.18 Å². The molecule has 0 spiro atoms. The van der Waals surface area contributed by atoms with Gasteiger partial charge < -0.3 is 10.1 Å². The molecule has 104 valence electrons. The van der Waals surface area contributed by atoms with Crippen molar-refractivity contribution in [1.82, 2.24) is 9.36 Å². The monoisotopic (exact) mass is 283 g/mol. The van der Waals surface area contributed by atoms with E-state index in [-0.39, 0.29) is 5.13 Å². The highest BCUT2D eigenvalue weighted by molar-refractivity contribution is 7.09. The molecule has 1 aromatic rings. The zero-order valence-electron chi connectivity index (χ0n) is 10.3. The van der Waals surface area contributed by atoms with Crippen molar-refractivity contribution >= 4 is 16.7 Å². The summed E-state index contributed by atoms with van der Waals surface area (Å²) >= 11 is 0.697. The van der Waals surface area contributed by atoms with E-state index >= 15 is 0 Å². The topological polar surface area (TPSA) is 47.0 Å². The molecule has 0 unspecified atom stereocenters. The summed E-state index contributed by atoms with van der Waals surface area (Å²) in [6.45, 7) is 5.71. The van der Waals surface area contributed by atoms with Gasteiger partial charge in [-0.05, 0) is 12.3 Å². The van der Waals surface area contributed by atoms with E-state index in [1.807, 2.05) is 0 Å². The highest BCUT2D eigenvalue weighted by atomic mass is 32.1. The molecule has 1 N–H and O–H groups in total. The average molecular weight is 283 g/mol. The number of aromatic nitrogens is 2. The van der Waals surface area contributed by atoms with Crippen LogP contribution in [0.4, 0.5) is 18.3 Å². The number of alkyl halides is 3. The van der Waals surface area contributed by atoms with Crippen LogP contribution in [0.2, 0.25) is 0 Å². The van der Waals surface area contributed by atoms with E-state index in [9.17, 15) is 13.2 Å². The van der Waals surface area contributed by atoms with Gasteiger partial charge in [-0.1, -0.05) is 13.8 Å². The summed E-state index contributed by atoms with van der Waals surface area (Å²) in [6.07, 6.45) is -3.51. The number of nitrogens with zero attached hydrogens (tertiary/aromatic N) is 2. The molecule has 0 saturated heterocycles.